The predicted molar refractivity (Wildman–Crippen MR) is 88.6 cm³/mol. The number of nitro groups is 1. The van der Waals surface area contributed by atoms with E-state index in [1.807, 2.05) is 0 Å². The van der Waals surface area contributed by atoms with Crippen LogP contribution in [0, 0.1) is 10.1 Å². The molecular weight excluding hydrogens is 305 g/mol. The van der Waals surface area contributed by atoms with E-state index in [0.717, 1.165) is 0 Å². The molecule has 0 saturated carbocycles. The fraction of sp³-hybridized carbons (Fsp3) is 0.333. The topological polar surface area (TPSA) is 81.8 Å². The second-order valence-electron chi connectivity index (χ2n) is 5.05. The van der Waals surface area contributed by atoms with Crippen LogP contribution in [0.25, 0.3) is 10.8 Å². The maximum atomic E-state index is 11.2. The zero-order valence-electron chi connectivity index (χ0n) is 12.9. The van der Waals surface area contributed by atoms with E-state index >= 15 is 0 Å². The van der Waals surface area contributed by atoms with E-state index < -0.39 is 12.2 Å². The number of benzene rings is 2. The van der Waals surface area contributed by atoms with E-state index in [1.54, 1.807) is 44.8 Å². The molecule has 0 amide bonds. The van der Waals surface area contributed by atoms with Crippen molar-refractivity contribution in [1.29, 1.82) is 0 Å². The van der Waals surface area contributed by atoms with Crippen molar-refractivity contribution in [3.8, 4) is 0 Å². The average molecular weight is 325 g/mol. The van der Waals surface area contributed by atoms with E-state index in [4.69, 9.17) is 9.05 Å². The molecule has 2 aromatic carbocycles. The number of hydrogen-bond donors (Lipinski definition) is 1. The fourth-order valence-corrected chi connectivity index (χ4v) is 5.37. The van der Waals surface area contributed by atoms with Crippen LogP contribution in [0.4, 0.5) is 5.69 Å². The van der Waals surface area contributed by atoms with Crippen molar-refractivity contribution in [2.24, 2.45) is 0 Å². The first-order valence-electron chi connectivity index (χ1n) is 7.05. The van der Waals surface area contributed by atoms with Crippen LogP contribution in [0.3, 0.4) is 0 Å². The molecule has 0 aliphatic heterocycles. The van der Waals surface area contributed by atoms with Gasteiger partial charge in [0.2, 0.25) is 0 Å². The van der Waals surface area contributed by atoms with E-state index in [0.29, 0.717) is 16.1 Å². The molecule has 0 unspecified atom stereocenters. The molecule has 6 nitrogen and oxygen atoms in total. The Bertz CT molecular complexity index is 706. The molecule has 0 radical (unpaired) electrons. The summed E-state index contributed by atoms with van der Waals surface area (Å²) in [5.74, 6) is 0. The summed E-state index contributed by atoms with van der Waals surface area (Å²) < 4.78 is 11.3. The van der Waals surface area contributed by atoms with Crippen LogP contribution in [0.1, 0.15) is 13.8 Å². The molecule has 0 fully saturated rings. The number of nitro benzene ring substituents is 1. The molecule has 120 valence electrons. The Morgan fingerprint density at radius 1 is 1.09 bits per heavy atom. The summed E-state index contributed by atoms with van der Waals surface area (Å²) >= 11 is 0. The molecule has 0 aliphatic carbocycles. The SMILES string of the molecule is CCOP(C)(O)(OCC)c1ccc([N+](=O)[O-])c2ccccc12. The standard InChI is InChI=1S/C15H20NO5P/c1-4-20-22(3,19,21-5-2)15-11-10-14(16(17)18)12-8-6-7-9-13(12)15/h6-11,19H,4-5H2,1-3H3. The molecule has 2 rings (SSSR count). The Morgan fingerprint density at radius 3 is 2.14 bits per heavy atom. The number of hydrogen-bond acceptors (Lipinski definition) is 5. The Morgan fingerprint density at radius 2 is 1.64 bits per heavy atom. The van der Waals surface area contributed by atoms with Crippen LogP contribution >= 0.6 is 7.28 Å². The Balaban J connectivity index is 2.81. The normalized spacial score (nSPS) is 13.7. The summed E-state index contributed by atoms with van der Waals surface area (Å²) in [5, 5.41) is 12.7. The maximum absolute atomic E-state index is 11.2. The summed E-state index contributed by atoms with van der Waals surface area (Å²) in [6.45, 7) is 5.64. The number of non-ortho nitro benzene ring substituents is 1. The van der Waals surface area contributed by atoms with Gasteiger partial charge in [0.05, 0.1) is 0 Å². The Labute approximate surface area is 129 Å². The van der Waals surface area contributed by atoms with Crippen LogP contribution in [0.2, 0.25) is 0 Å². The fourth-order valence-electron chi connectivity index (χ4n) is 2.65. The van der Waals surface area contributed by atoms with Gasteiger partial charge in [-0.2, -0.15) is 0 Å². The van der Waals surface area contributed by atoms with E-state index in [-0.39, 0.29) is 18.9 Å². The van der Waals surface area contributed by atoms with Crippen LogP contribution in [0.5, 0.6) is 0 Å². The van der Waals surface area contributed by atoms with Gasteiger partial charge in [-0.3, -0.25) is 0 Å². The number of fused-ring (bicyclic) bond motifs is 1. The number of rotatable bonds is 6. The van der Waals surface area contributed by atoms with Crippen molar-refractivity contribution < 1.29 is 18.9 Å². The minimum absolute atomic E-state index is 0.00847. The van der Waals surface area contributed by atoms with Gasteiger partial charge in [-0.25, -0.2) is 0 Å². The van der Waals surface area contributed by atoms with Crippen molar-refractivity contribution in [3.05, 3.63) is 46.5 Å². The van der Waals surface area contributed by atoms with Gasteiger partial charge in [0.15, 0.2) is 0 Å². The van der Waals surface area contributed by atoms with Gasteiger partial charge in [0.25, 0.3) is 0 Å². The van der Waals surface area contributed by atoms with Crippen molar-refractivity contribution in [1.82, 2.24) is 0 Å². The zero-order chi connectivity index (χ0) is 16.4. The third-order valence-electron chi connectivity index (χ3n) is 3.49. The average Bonchev–Trinajstić information content (AvgIpc) is 2.46. The minimum atomic E-state index is -4.06. The molecule has 0 atom stereocenters. The monoisotopic (exact) mass is 325 g/mol. The van der Waals surface area contributed by atoms with Crippen molar-refractivity contribution in [2.75, 3.05) is 19.9 Å². The van der Waals surface area contributed by atoms with Crippen LogP contribution < -0.4 is 5.30 Å². The third kappa shape index (κ3) is 2.83. The molecule has 0 heterocycles. The second-order valence-corrected chi connectivity index (χ2v) is 8.67. The van der Waals surface area contributed by atoms with Gasteiger partial charge in [0.1, 0.15) is 0 Å². The Kier molecular flexibility index (Phi) is 4.49. The van der Waals surface area contributed by atoms with Gasteiger partial charge in [-0.15, -0.1) is 0 Å². The van der Waals surface area contributed by atoms with E-state index in [9.17, 15) is 15.0 Å². The van der Waals surface area contributed by atoms with Gasteiger partial charge >= 0.3 is 128 Å². The van der Waals surface area contributed by atoms with Gasteiger partial charge in [-0.1, -0.05) is 0 Å². The zero-order valence-corrected chi connectivity index (χ0v) is 13.7. The van der Waals surface area contributed by atoms with E-state index in [2.05, 4.69) is 0 Å². The van der Waals surface area contributed by atoms with Crippen LogP contribution in [-0.4, -0.2) is 29.7 Å². The molecule has 0 bridgehead atoms. The van der Waals surface area contributed by atoms with Gasteiger partial charge in [-0.05, 0) is 0 Å². The first-order valence-corrected chi connectivity index (χ1v) is 9.53. The first-order chi connectivity index (χ1) is 10.3. The molecule has 7 heteroatoms. The summed E-state index contributed by atoms with van der Waals surface area (Å²) in [7, 11) is -4.06. The molecule has 2 aromatic rings. The summed E-state index contributed by atoms with van der Waals surface area (Å²) in [4.78, 5) is 22.0. The third-order valence-corrected chi connectivity index (χ3v) is 6.70. The molecular formula is C15H20NO5P. The van der Waals surface area contributed by atoms with Crippen molar-refractivity contribution in [3.63, 3.8) is 0 Å². The van der Waals surface area contributed by atoms with Crippen molar-refractivity contribution >= 4 is 29.0 Å². The quantitative estimate of drug-likeness (QED) is 0.500. The second kappa shape index (κ2) is 5.89. The Hall–Kier alpha value is -1.59. The van der Waals surface area contributed by atoms with Gasteiger partial charge in [0, 0.05) is 0 Å². The summed E-state index contributed by atoms with van der Waals surface area (Å²) in [6.07, 6.45) is 0. The van der Waals surface area contributed by atoms with Crippen LogP contribution in [0.15, 0.2) is 36.4 Å². The molecule has 22 heavy (non-hydrogen) atoms. The van der Waals surface area contributed by atoms with E-state index in [1.165, 1.54) is 12.1 Å². The molecule has 0 aromatic heterocycles. The van der Waals surface area contributed by atoms with Crippen LogP contribution in [-0.2, 0) is 9.05 Å². The first kappa shape index (κ1) is 16.8. The molecule has 1 N–H and O–H groups in total. The predicted octanol–water partition coefficient (Wildman–Crippen LogP) is 3.37. The molecule has 0 saturated heterocycles. The number of nitrogens with zero attached hydrogens (tertiary/aromatic N) is 1. The summed E-state index contributed by atoms with van der Waals surface area (Å²) in [6, 6.07) is 9.80. The molecule has 0 spiro atoms. The van der Waals surface area contributed by atoms with Crippen molar-refractivity contribution in [2.45, 2.75) is 13.8 Å². The molecule has 0 aliphatic rings. The summed E-state index contributed by atoms with van der Waals surface area (Å²) in [5.41, 5.74) is -0.00847. The van der Waals surface area contributed by atoms with Gasteiger partial charge < -0.3 is 0 Å².